The molecule has 116 valence electrons. The number of H-pyrrole nitrogens is 1. The third-order valence-corrected chi connectivity index (χ3v) is 4.18. The molecule has 0 radical (unpaired) electrons. The molecule has 2 aromatic carbocycles. The molecule has 0 saturated heterocycles. The summed E-state index contributed by atoms with van der Waals surface area (Å²) in [5.74, 6) is -0.459. The van der Waals surface area contributed by atoms with Crippen molar-refractivity contribution in [2.45, 2.75) is 6.92 Å². The van der Waals surface area contributed by atoms with E-state index in [1.54, 1.807) is 36.5 Å². The molecule has 4 rings (SSSR count). The van der Waals surface area contributed by atoms with E-state index in [0.29, 0.717) is 11.1 Å². The van der Waals surface area contributed by atoms with Crippen LogP contribution in [0.1, 0.15) is 31.8 Å². The fourth-order valence-electron chi connectivity index (χ4n) is 3.00. The van der Waals surface area contributed by atoms with Crippen LogP contribution in [0.3, 0.4) is 0 Å². The fourth-order valence-corrected chi connectivity index (χ4v) is 3.00. The van der Waals surface area contributed by atoms with E-state index in [0.717, 1.165) is 22.4 Å². The fraction of sp³-hybridized carbons (Fsp3) is 0.0500. The maximum atomic E-state index is 12.5. The highest BCUT2D eigenvalue weighted by Gasteiger charge is 2.32. The first-order valence-electron chi connectivity index (χ1n) is 7.65. The van der Waals surface area contributed by atoms with Crippen LogP contribution < -0.4 is 0 Å². The van der Waals surface area contributed by atoms with Gasteiger partial charge in [0, 0.05) is 22.3 Å². The number of ketones is 2. The van der Waals surface area contributed by atoms with Crippen molar-refractivity contribution >= 4 is 17.6 Å². The van der Waals surface area contributed by atoms with Crippen LogP contribution in [0.2, 0.25) is 0 Å². The number of nitrogens with one attached hydrogen (secondary N) is 1. The monoisotopic (exact) mass is 314 g/mol. The van der Waals surface area contributed by atoms with Gasteiger partial charge in [-0.05, 0) is 19.1 Å². The largest absolute Gasteiger partial charge is 0.288 e. The summed E-state index contributed by atoms with van der Waals surface area (Å²) < 4.78 is 0. The molecular formula is C20H14N2O2. The molecule has 0 aliphatic heterocycles. The maximum absolute atomic E-state index is 12.5. The average Bonchev–Trinajstić information content (AvgIpc) is 3.15. The van der Waals surface area contributed by atoms with E-state index < -0.39 is 0 Å². The number of aromatic amines is 1. The summed E-state index contributed by atoms with van der Waals surface area (Å²) >= 11 is 0. The van der Waals surface area contributed by atoms with Crippen molar-refractivity contribution in [1.29, 1.82) is 0 Å². The van der Waals surface area contributed by atoms with Crippen molar-refractivity contribution in [2.24, 2.45) is 0 Å². The lowest BCUT2D eigenvalue weighted by molar-refractivity contribution is 0.0990. The van der Waals surface area contributed by atoms with Crippen molar-refractivity contribution in [2.75, 3.05) is 0 Å². The first-order valence-corrected chi connectivity index (χ1v) is 7.65. The van der Waals surface area contributed by atoms with Gasteiger partial charge in [-0.2, -0.15) is 5.10 Å². The van der Waals surface area contributed by atoms with Crippen LogP contribution in [0.4, 0.5) is 0 Å². The van der Waals surface area contributed by atoms with E-state index in [1.165, 1.54) is 0 Å². The van der Waals surface area contributed by atoms with Gasteiger partial charge in [-0.15, -0.1) is 0 Å². The van der Waals surface area contributed by atoms with Gasteiger partial charge in [0.05, 0.1) is 17.5 Å². The molecule has 1 aliphatic rings. The smallest absolute Gasteiger partial charge is 0.197 e. The number of hydrogen-bond donors (Lipinski definition) is 1. The van der Waals surface area contributed by atoms with Gasteiger partial charge >= 0.3 is 0 Å². The van der Waals surface area contributed by atoms with Gasteiger partial charge in [0.2, 0.25) is 0 Å². The molecule has 0 atom stereocenters. The quantitative estimate of drug-likeness (QED) is 0.577. The molecule has 3 aromatic rings. The minimum atomic E-state index is -0.230. The third-order valence-electron chi connectivity index (χ3n) is 4.18. The molecule has 24 heavy (non-hydrogen) atoms. The number of aromatic nitrogens is 2. The minimum Gasteiger partial charge on any atom is -0.288 e. The van der Waals surface area contributed by atoms with Gasteiger partial charge in [-0.1, -0.05) is 48.0 Å². The van der Waals surface area contributed by atoms with Gasteiger partial charge < -0.3 is 0 Å². The third kappa shape index (κ3) is 2.20. The Balaban J connectivity index is 1.80. The Labute approximate surface area is 138 Å². The zero-order valence-corrected chi connectivity index (χ0v) is 13.0. The number of Topliss-reactive ketones (excluding diaryl/α,β-unsaturated/α-hetero) is 2. The van der Waals surface area contributed by atoms with Crippen molar-refractivity contribution in [3.8, 4) is 11.3 Å². The van der Waals surface area contributed by atoms with Crippen molar-refractivity contribution in [3.05, 3.63) is 82.6 Å². The van der Waals surface area contributed by atoms with Gasteiger partial charge in [0.1, 0.15) is 0 Å². The van der Waals surface area contributed by atoms with E-state index in [4.69, 9.17) is 0 Å². The summed E-state index contributed by atoms with van der Waals surface area (Å²) in [6, 6.07) is 14.9. The number of benzene rings is 2. The number of allylic oxidation sites excluding steroid dienone is 1. The number of aryl methyl sites for hydroxylation is 1. The Morgan fingerprint density at radius 1 is 0.958 bits per heavy atom. The molecule has 1 heterocycles. The zero-order valence-electron chi connectivity index (χ0n) is 13.0. The van der Waals surface area contributed by atoms with Gasteiger partial charge in [0.15, 0.2) is 11.6 Å². The second-order valence-electron chi connectivity index (χ2n) is 5.83. The summed E-state index contributed by atoms with van der Waals surface area (Å²) in [5.41, 5.74) is 4.74. The second kappa shape index (κ2) is 5.42. The van der Waals surface area contributed by atoms with Crippen LogP contribution in [0.15, 0.2) is 60.3 Å². The number of rotatable bonds is 2. The SMILES string of the molecule is Cc1cccc(-c2[nH]ncc2C=C2C(=O)c3ccccc3C2=O)c1. The van der Waals surface area contributed by atoms with Crippen molar-refractivity contribution in [1.82, 2.24) is 10.2 Å². The maximum Gasteiger partial charge on any atom is 0.197 e. The molecule has 0 spiro atoms. The lowest BCUT2D eigenvalue weighted by Crippen LogP contribution is -2.00. The highest BCUT2D eigenvalue weighted by atomic mass is 16.2. The lowest BCUT2D eigenvalue weighted by Gasteiger charge is -2.02. The highest BCUT2D eigenvalue weighted by Crippen LogP contribution is 2.30. The van der Waals surface area contributed by atoms with Gasteiger partial charge in [-0.25, -0.2) is 0 Å². The standard InChI is InChI=1S/C20H14N2O2/c1-12-5-4-6-13(9-12)18-14(11-21-22-18)10-17-19(23)15-7-2-3-8-16(15)20(17)24/h2-11H,1H3,(H,21,22). The molecule has 1 aliphatic carbocycles. The first kappa shape index (κ1) is 14.3. The summed E-state index contributed by atoms with van der Waals surface area (Å²) in [6.45, 7) is 2.01. The summed E-state index contributed by atoms with van der Waals surface area (Å²) in [7, 11) is 0. The molecule has 0 bridgehead atoms. The normalized spacial score (nSPS) is 13.3. The Morgan fingerprint density at radius 3 is 2.33 bits per heavy atom. The van der Waals surface area contributed by atoms with Crippen LogP contribution >= 0.6 is 0 Å². The molecular weight excluding hydrogens is 300 g/mol. The van der Waals surface area contributed by atoms with Crippen molar-refractivity contribution in [3.63, 3.8) is 0 Å². The first-order chi connectivity index (χ1) is 11.6. The zero-order chi connectivity index (χ0) is 16.7. The number of hydrogen-bond acceptors (Lipinski definition) is 3. The summed E-state index contributed by atoms with van der Waals surface area (Å²) in [5, 5.41) is 7.03. The highest BCUT2D eigenvalue weighted by molar-refractivity contribution is 6.41. The number of carbonyl (C=O) groups excluding carboxylic acids is 2. The Morgan fingerprint density at radius 2 is 1.67 bits per heavy atom. The van der Waals surface area contributed by atoms with E-state index in [2.05, 4.69) is 10.2 Å². The minimum absolute atomic E-state index is 0.187. The van der Waals surface area contributed by atoms with Crippen LogP contribution in [-0.4, -0.2) is 21.8 Å². The Kier molecular flexibility index (Phi) is 3.24. The van der Waals surface area contributed by atoms with Crippen molar-refractivity contribution < 1.29 is 9.59 Å². The molecule has 0 unspecified atom stereocenters. The second-order valence-corrected chi connectivity index (χ2v) is 5.83. The number of fused-ring (bicyclic) bond motifs is 1. The molecule has 0 amide bonds. The number of carbonyl (C=O) groups is 2. The lowest BCUT2D eigenvalue weighted by atomic mass is 10.0. The van der Waals surface area contributed by atoms with Crippen LogP contribution in [0.25, 0.3) is 17.3 Å². The Bertz CT molecular complexity index is 975. The van der Waals surface area contributed by atoms with Crippen LogP contribution in [0, 0.1) is 6.92 Å². The predicted octanol–water partition coefficient (Wildman–Crippen LogP) is 3.85. The molecule has 0 saturated carbocycles. The van der Waals surface area contributed by atoms with Crippen LogP contribution in [0.5, 0.6) is 0 Å². The van der Waals surface area contributed by atoms with E-state index >= 15 is 0 Å². The molecule has 0 fully saturated rings. The van der Waals surface area contributed by atoms with Crippen LogP contribution in [-0.2, 0) is 0 Å². The molecule has 4 nitrogen and oxygen atoms in total. The number of nitrogens with zero attached hydrogens (tertiary/aromatic N) is 1. The average molecular weight is 314 g/mol. The molecule has 1 N–H and O–H groups in total. The summed E-state index contributed by atoms with van der Waals surface area (Å²) in [6.07, 6.45) is 3.26. The molecule has 4 heteroatoms. The summed E-state index contributed by atoms with van der Waals surface area (Å²) in [4.78, 5) is 25.0. The van der Waals surface area contributed by atoms with E-state index in [-0.39, 0.29) is 17.1 Å². The van der Waals surface area contributed by atoms with E-state index in [1.807, 2.05) is 31.2 Å². The van der Waals surface area contributed by atoms with Gasteiger partial charge in [-0.3, -0.25) is 14.7 Å². The Hall–Kier alpha value is -3.27. The van der Waals surface area contributed by atoms with Gasteiger partial charge in [0.25, 0.3) is 0 Å². The predicted molar refractivity (Wildman–Crippen MR) is 91.8 cm³/mol. The topological polar surface area (TPSA) is 62.8 Å². The molecule has 1 aromatic heterocycles. The van der Waals surface area contributed by atoms with E-state index in [9.17, 15) is 9.59 Å².